The third-order valence-electron chi connectivity index (χ3n) is 3.97. The minimum atomic E-state index is -3.40. The smallest absolute Gasteiger partial charge is 0.315 e. The molecule has 0 fully saturated rings. The minimum absolute atomic E-state index is 0.0379. The predicted octanol–water partition coefficient (Wildman–Crippen LogP) is 2.71. The molecule has 2 aromatic carbocycles. The molecule has 0 unspecified atom stereocenters. The van der Waals surface area contributed by atoms with Crippen LogP contribution in [0.4, 0.5) is 15.2 Å². The van der Waals surface area contributed by atoms with Gasteiger partial charge in [-0.15, -0.1) is 11.3 Å². The van der Waals surface area contributed by atoms with Gasteiger partial charge in [-0.05, 0) is 24.3 Å². The van der Waals surface area contributed by atoms with Gasteiger partial charge in [0.2, 0.25) is 10.0 Å². The van der Waals surface area contributed by atoms with Crippen LogP contribution in [-0.2, 0) is 26.2 Å². The number of anilines is 2. The third-order valence-corrected chi connectivity index (χ3v) is 5.45. The number of hydrogen-bond acceptors (Lipinski definition) is 8. The lowest BCUT2D eigenvalue weighted by Gasteiger charge is -2.14. The fraction of sp³-hybridized carbons (Fsp3) is 0.150. The van der Waals surface area contributed by atoms with Crippen molar-refractivity contribution in [2.45, 2.75) is 6.54 Å². The van der Waals surface area contributed by atoms with Gasteiger partial charge in [0, 0.05) is 11.4 Å². The summed E-state index contributed by atoms with van der Waals surface area (Å²) in [5.74, 6) is -2.05. The molecule has 13 heteroatoms. The number of aromatic nitrogens is 1. The normalized spacial score (nSPS) is 11.0. The van der Waals surface area contributed by atoms with Crippen molar-refractivity contribution >= 4 is 44.0 Å². The molecule has 33 heavy (non-hydrogen) atoms. The van der Waals surface area contributed by atoms with E-state index in [2.05, 4.69) is 20.3 Å². The van der Waals surface area contributed by atoms with Crippen molar-refractivity contribution in [3.05, 3.63) is 59.4 Å². The first kappa shape index (κ1) is 24.1. The van der Waals surface area contributed by atoms with Crippen molar-refractivity contribution in [1.29, 1.82) is 0 Å². The predicted molar refractivity (Wildman–Crippen MR) is 121 cm³/mol. The van der Waals surface area contributed by atoms with Gasteiger partial charge in [0.05, 0.1) is 31.3 Å². The lowest BCUT2D eigenvalue weighted by Crippen LogP contribution is -2.29. The van der Waals surface area contributed by atoms with E-state index >= 15 is 0 Å². The molecule has 0 aliphatic rings. The lowest BCUT2D eigenvalue weighted by molar-refractivity contribution is -0.133. The van der Waals surface area contributed by atoms with Gasteiger partial charge in [-0.3, -0.25) is 14.9 Å². The van der Waals surface area contributed by atoms with Crippen LogP contribution < -0.4 is 24.8 Å². The molecule has 0 aliphatic carbocycles. The Bertz CT molecular complexity index is 1280. The summed E-state index contributed by atoms with van der Waals surface area (Å²) >= 11 is 1.02. The van der Waals surface area contributed by atoms with E-state index in [0.717, 1.165) is 29.7 Å². The zero-order valence-electron chi connectivity index (χ0n) is 17.4. The zero-order chi connectivity index (χ0) is 24.0. The van der Waals surface area contributed by atoms with Gasteiger partial charge in [-0.2, -0.15) is 0 Å². The number of rotatable bonds is 8. The second kappa shape index (κ2) is 10.4. The highest BCUT2D eigenvalue weighted by Gasteiger charge is 2.19. The number of para-hydroxylation sites is 2. The number of sulfonamides is 1. The Morgan fingerprint density at radius 1 is 1.06 bits per heavy atom. The Morgan fingerprint density at radius 2 is 1.76 bits per heavy atom. The van der Waals surface area contributed by atoms with Crippen LogP contribution in [0.2, 0.25) is 0 Å². The first-order valence-corrected chi connectivity index (χ1v) is 12.0. The summed E-state index contributed by atoms with van der Waals surface area (Å²) in [6.45, 7) is -0.0589. The number of ether oxygens (including phenoxy) is 2. The van der Waals surface area contributed by atoms with Gasteiger partial charge < -0.3 is 14.8 Å². The Hall–Kier alpha value is -3.55. The summed E-state index contributed by atoms with van der Waals surface area (Å²) in [4.78, 5) is 28.7. The van der Waals surface area contributed by atoms with Crippen molar-refractivity contribution in [3.8, 4) is 17.2 Å². The van der Waals surface area contributed by atoms with E-state index in [1.54, 1.807) is 24.3 Å². The van der Waals surface area contributed by atoms with Gasteiger partial charge in [0.25, 0.3) is 0 Å². The second-order valence-corrected chi connectivity index (χ2v) is 9.23. The SMILES string of the molecule is COc1ccccc1Oc1cc(F)ccc1NC(=O)C(=O)Nc1nc(CNS(C)(=O)=O)cs1. The lowest BCUT2D eigenvalue weighted by atomic mass is 10.2. The number of methoxy groups -OCH3 is 1. The number of carbonyl (C=O) groups is 2. The molecule has 0 atom stereocenters. The van der Waals surface area contributed by atoms with Crippen LogP contribution in [-0.4, -0.2) is 38.6 Å². The molecule has 0 saturated heterocycles. The molecule has 174 valence electrons. The van der Waals surface area contributed by atoms with E-state index in [9.17, 15) is 22.4 Å². The number of amides is 2. The summed E-state index contributed by atoms with van der Waals surface area (Å²) in [5, 5.41) is 6.33. The number of nitrogens with one attached hydrogen (secondary N) is 3. The molecule has 10 nitrogen and oxygen atoms in total. The standard InChI is InChI=1S/C20H19FN4O6S2/c1-30-15-5-3-4-6-16(15)31-17-9-12(21)7-8-14(17)24-18(26)19(27)25-20-23-13(11-32-20)10-22-33(2,28)29/h3-9,11,22H,10H2,1-2H3,(H,24,26)(H,23,25,27). The Labute approximate surface area is 192 Å². The van der Waals surface area contributed by atoms with E-state index in [4.69, 9.17) is 9.47 Å². The highest BCUT2D eigenvalue weighted by atomic mass is 32.2. The van der Waals surface area contributed by atoms with Crippen LogP contribution in [0, 0.1) is 5.82 Å². The quantitative estimate of drug-likeness (QED) is 0.410. The first-order valence-electron chi connectivity index (χ1n) is 9.26. The van der Waals surface area contributed by atoms with E-state index in [-0.39, 0.29) is 28.9 Å². The molecule has 1 aromatic heterocycles. The van der Waals surface area contributed by atoms with Crippen LogP contribution in [0.15, 0.2) is 47.8 Å². The molecular weight excluding hydrogens is 475 g/mol. The van der Waals surface area contributed by atoms with E-state index < -0.39 is 27.7 Å². The summed E-state index contributed by atoms with van der Waals surface area (Å²) in [6, 6.07) is 10.1. The molecule has 3 aromatic rings. The van der Waals surface area contributed by atoms with Crippen molar-refractivity contribution < 1.29 is 31.9 Å². The molecule has 0 spiro atoms. The summed E-state index contributed by atoms with van der Waals surface area (Å²) < 4.78 is 49.3. The van der Waals surface area contributed by atoms with Crippen molar-refractivity contribution in [1.82, 2.24) is 9.71 Å². The van der Waals surface area contributed by atoms with Crippen LogP contribution in [0.5, 0.6) is 17.2 Å². The third kappa shape index (κ3) is 6.97. The van der Waals surface area contributed by atoms with Crippen LogP contribution in [0.3, 0.4) is 0 Å². The number of nitrogens with zero attached hydrogens (tertiary/aromatic N) is 1. The summed E-state index contributed by atoms with van der Waals surface area (Å²) in [6.07, 6.45) is 1.01. The molecule has 2 amide bonds. The topological polar surface area (TPSA) is 136 Å². The number of thiazole rings is 1. The molecule has 1 heterocycles. The highest BCUT2D eigenvalue weighted by Crippen LogP contribution is 2.35. The monoisotopic (exact) mass is 494 g/mol. The molecule has 3 N–H and O–H groups in total. The second-order valence-electron chi connectivity index (χ2n) is 6.54. The maximum atomic E-state index is 13.8. The van der Waals surface area contributed by atoms with E-state index in [1.165, 1.54) is 18.6 Å². The Morgan fingerprint density at radius 3 is 2.45 bits per heavy atom. The Balaban J connectivity index is 1.69. The first-order chi connectivity index (χ1) is 15.6. The number of carbonyl (C=O) groups excluding carboxylic acids is 2. The number of benzene rings is 2. The van der Waals surface area contributed by atoms with Crippen LogP contribution in [0.25, 0.3) is 0 Å². The van der Waals surface area contributed by atoms with Gasteiger partial charge >= 0.3 is 11.8 Å². The average molecular weight is 495 g/mol. The van der Waals surface area contributed by atoms with Crippen molar-refractivity contribution in [3.63, 3.8) is 0 Å². The molecule has 0 radical (unpaired) electrons. The fourth-order valence-corrected chi connectivity index (χ4v) is 3.60. The highest BCUT2D eigenvalue weighted by molar-refractivity contribution is 7.88. The van der Waals surface area contributed by atoms with Crippen molar-refractivity contribution in [2.75, 3.05) is 24.0 Å². The zero-order valence-corrected chi connectivity index (χ0v) is 19.1. The van der Waals surface area contributed by atoms with Gasteiger partial charge in [0.1, 0.15) is 5.82 Å². The van der Waals surface area contributed by atoms with Gasteiger partial charge in [-0.25, -0.2) is 22.5 Å². The maximum absolute atomic E-state index is 13.8. The van der Waals surface area contributed by atoms with E-state index in [0.29, 0.717) is 11.4 Å². The largest absolute Gasteiger partial charge is 0.493 e. The molecular formula is C20H19FN4O6S2. The summed E-state index contributed by atoms with van der Waals surface area (Å²) in [5.41, 5.74) is 0.423. The fourth-order valence-electron chi connectivity index (χ4n) is 2.49. The molecule has 3 rings (SSSR count). The van der Waals surface area contributed by atoms with E-state index in [1.807, 2.05) is 0 Å². The van der Waals surface area contributed by atoms with Crippen LogP contribution >= 0.6 is 11.3 Å². The average Bonchev–Trinajstić information content (AvgIpc) is 3.21. The minimum Gasteiger partial charge on any atom is -0.493 e. The molecule has 0 bridgehead atoms. The van der Waals surface area contributed by atoms with Crippen LogP contribution in [0.1, 0.15) is 5.69 Å². The molecule has 0 aliphatic heterocycles. The maximum Gasteiger partial charge on any atom is 0.315 e. The molecule has 0 saturated carbocycles. The number of hydrogen-bond donors (Lipinski definition) is 3. The van der Waals surface area contributed by atoms with Gasteiger partial charge in [-0.1, -0.05) is 12.1 Å². The summed E-state index contributed by atoms with van der Waals surface area (Å²) in [7, 11) is -1.96. The van der Waals surface area contributed by atoms with Crippen molar-refractivity contribution in [2.24, 2.45) is 0 Å². The van der Waals surface area contributed by atoms with Gasteiger partial charge in [0.15, 0.2) is 22.4 Å². The number of halogens is 1. The Kier molecular flexibility index (Phi) is 7.58.